The van der Waals surface area contributed by atoms with Crippen LogP contribution in [0.4, 0.5) is 0 Å². The second-order valence-electron chi connectivity index (χ2n) is 7.04. The molecule has 8 heteroatoms. The Bertz CT molecular complexity index is 1250. The van der Waals surface area contributed by atoms with Gasteiger partial charge in [-0.25, -0.2) is 14.3 Å². The number of benzene rings is 2. The van der Waals surface area contributed by atoms with Crippen molar-refractivity contribution in [1.29, 1.82) is 0 Å². The number of aromatic nitrogens is 5. The molecule has 1 amide bonds. The van der Waals surface area contributed by atoms with Gasteiger partial charge in [-0.15, -0.1) is 0 Å². The Morgan fingerprint density at radius 1 is 1.10 bits per heavy atom. The van der Waals surface area contributed by atoms with Crippen molar-refractivity contribution in [3.05, 3.63) is 82.8 Å². The van der Waals surface area contributed by atoms with Crippen molar-refractivity contribution < 1.29 is 4.79 Å². The van der Waals surface area contributed by atoms with Gasteiger partial charge in [-0.3, -0.25) is 9.59 Å². The maximum atomic E-state index is 13.3. The Morgan fingerprint density at radius 3 is 2.43 bits per heavy atom. The number of aryl methyl sites for hydroxylation is 1. The molecular weight excluding hydrogens is 380 g/mol. The molecule has 0 aliphatic rings. The molecule has 0 radical (unpaired) electrons. The Balaban J connectivity index is 1.67. The Hall–Kier alpha value is -3.81. The standard InChI is InChI=1S/C22H22N6O2/c1-4-27-21(29)19-8-6-5-7-18(19)20(25-27)22(30)26(3)15(2)16-9-11-17(12-10-16)28-14-23-13-24-28/h5-15H,4H2,1-3H3. The number of hydrogen-bond acceptors (Lipinski definition) is 5. The van der Waals surface area contributed by atoms with Crippen molar-refractivity contribution in [1.82, 2.24) is 29.4 Å². The third kappa shape index (κ3) is 3.36. The van der Waals surface area contributed by atoms with Crippen molar-refractivity contribution in [3.63, 3.8) is 0 Å². The minimum absolute atomic E-state index is 0.190. The Kier molecular flexibility index (Phi) is 5.14. The van der Waals surface area contributed by atoms with Crippen LogP contribution in [0.5, 0.6) is 0 Å². The quantitative estimate of drug-likeness (QED) is 0.512. The van der Waals surface area contributed by atoms with Crippen LogP contribution in [0.25, 0.3) is 16.5 Å². The zero-order valence-electron chi connectivity index (χ0n) is 17.1. The molecule has 8 nitrogen and oxygen atoms in total. The normalized spacial score (nSPS) is 12.1. The third-order valence-corrected chi connectivity index (χ3v) is 5.33. The molecular formula is C22H22N6O2. The summed E-state index contributed by atoms with van der Waals surface area (Å²) in [6.07, 6.45) is 3.11. The van der Waals surface area contributed by atoms with E-state index in [1.54, 1.807) is 41.2 Å². The van der Waals surface area contributed by atoms with Crippen molar-refractivity contribution in [2.24, 2.45) is 0 Å². The van der Waals surface area contributed by atoms with E-state index >= 15 is 0 Å². The van der Waals surface area contributed by atoms with Crippen LogP contribution in [0.15, 0.2) is 66.0 Å². The molecule has 0 saturated carbocycles. The molecule has 0 saturated heterocycles. The average molecular weight is 402 g/mol. The highest BCUT2D eigenvalue weighted by atomic mass is 16.2. The van der Waals surface area contributed by atoms with Crippen LogP contribution >= 0.6 is 0 Å². The summed E-state index contributed by atoms with van der Waals surface area (Å²) < 4.78 is 3.01. The van der Waals surface area contributed by atoms with Crippen LogP contribution in [0.3, 0.4) is 0 Å². The lowest BCUT2D eigenvalue weighted by atomic mass is 10.1. The van der Waals surface area contributed by atoms with E-state index in [9.17, 15) is 9.59 Å². The first-order valence-corrected chi connectivity index (χ1v) is 9.73. The molecule has 4 rings (SSSR count). The lowest BCUT2D eigenvalue weighted by molar-refractivity contribution is 0.0736. The van der Waals surface area contributed by atoms with Gasteiger partial charge < -0.3 is 4.90 Å². The third-order valence-electron chi connectivity index (χ3n) is 5.33. The van der Waals surface area contributed by atoms with Crippen LogP contribution in [0, 0.1) is 0 Å². The van der Waals surface area contributed by atoms with Gasteiger partial charge >= 0.3 is 0 Å². The molecule has 0 fully saturated rings. The first kappa shape index (κ1) is 19.5. The van der Waals surface area contributed by atoms with E-state index in [4.69, 9.17) is 0 Å². The first-order chi connectivity index (χ1) is 14.5. The highest BCUT2D eigenvalue weighted by molar-refractivity contribution is 6.04. The second kappa shape index (κ2) is 7.90. The average Bonchev–Trinajstić information content (AvgIpc) is 3.33. The zero-order valence-corrected chi connectivity index (χ0v) is 17.1. The van der Waals surface area contributed by atoms with Crippen molar-refractivity contribution in [3.8, 4) is 5.69 Å². The minimum atomic E-state index is -0.235. The minimum Gasteiger partial charge on any atom is -0.334 e. The summed E-state index contributed by atoms with van der Waals surface area (Å²) in [6, 6.07) is 14.7. The number of hydrogen-bond donors (Lipinski definition) is 0. The summed E-state index contributed by atoms with van der Waals surface area (Å²) in [5.41, 5.74) is 1.95. The van der Waals surface area contributed by atoms with E-state index in [2.05, 4.69) is 15.2 Å². The highest BCUT2D eigenvalue weighted by Gasteiger charge is 2.23. The van der Waals surface area contributed by atoms with Gasteiger partial charge in [0.1, 0.15) is 12.7 Å². The van der Waals surface area contributed by atoms with E-state index in [0.717, 1.165) is 11.3 Å². The van der Waals surface area contributed by atoms with E-state index in [0.29, 0.717) is 17.3 Å². The molecule has 0 aliphatic carbocycles. The molecule has 2 aromatic heterocycles. The molecule has 0 N–H and O–H groups in total. The molecule has 1 unspecified atom stereocenters. The van der Waals surface area contributed by atoms with Crippen molar-refractivity contribution >= 4 is 16.7 Å². The largest absolute Gasteiger partial charge is 0.334 e. The van der Waals surface area contributed by atoms with Crippen LogP contribution in [0.2, 0.25) is 0 Å². The molecule has 0 bridgehead atoms. The van der Waals surface area contributed by atoms with Crippen LogP contribution < -0.4 is 5.56 Å². The topological polar surface area (TPSA) is 85.9 Å². The van der Waals surface area contributed by atoms with E-state index in [1.807, 2.05) is 44.2 Å². The SMILES string of the molecule is CCn1nc(C(=O)N(C)C(C)c2ccc(-n3cncn3)cc2)c2ccccc2c1=O. The highest BCUT2D eigenvalue weighted by Crippen LogP contribution is 2.23. The molecule has 152 valence electrons. The maximum absolute atomic E-state index is 13.3. The number of rotatable bonds is 5. The number of nitrogens with zero attached hydrogens (tertiary/aromatic N) is 6. The van der Waals surface area contributed by atoms with Crippen LogP contribution in [-0.4, -0.2) is 42.4 Å². The molecule has 2 heterocycles. The number of carbonyl (C=O) groups is 1. The predicted molar refractivity (Wildman–Crippen MR) is 114 cm³/mol. The van der Waals surface area contributed by atoms with Crippen LogP contribution in [0.1, 0.15) is 35.9 Å². The fourth-order valence-electron chi connectivity index (χ4n) is 3.42. The summed E-state index contributed by atoms with van der Waals surface area (Å²) in [4.78, 5) is 31.5. The molecule has 2 aromatic carbocycles. The van der Waals surface area contributed by atoms with E-state index in [-0.39, 0.29) is 23.2 Å². The van der Waals surface area contributed by atoms with Gasteiger partial charge in [0.15, 0.2) is 5.69 Å². The zero-order chi connectivity index (χ0) is 21.3. The smallest absolute Gasteiger partial charge is 0.275 e. The molecule has 4 aromatic rings. The van der Waals surface area contributed by atoms with E-state index in [1.165, 1.54) is 11.0 Å². The summed E-state index contributed by atoms with van der Waals surface area (Å²) in [7, 11) is 1.75. The summed E-state index contributed by atoms with van der Waals surface area (Å²) in [5, 5.41) is 9.54. The fourth-order valence-corrected chi connectivity index (χ4v) is 3.42. The van der Waals surface area contributed by atoms with Gasteiger partial charge in [0.2, 0.25) is 0 Å². The Morgan fingerprint density at radius 2 is 1.80 bits per heavy atom. The predicted octanol–water partition coefficient (Wildman–Crippen LogP) is 2.83. The molecule has 1 atom stereocenters. The summed E-state index contributed by atoms with van der Waals surface area (Å²) >= 11 is 0. The molecule has 0 spiro atoms. The summed E-state index contributed by atoms with van der Waals surface area (Å²) in [6.45, 7) is 4.19. The van der Waals surface area contributed by atoms with Gasteiger partial charge in [0.25, 0.3) is 11.5 Å². The van der Waals surface area contributed by atoms with Gasteiger partial charge in [0.05, 0.1) is 17.1 Å². The van der Waals surface area contributed by atoms with Gasteiger partial charge in [-0.05, 0) is 37.6 Å². The van der Waals surface area contributed by atoms with Crippen molar-refractivity contribution in [2.45, 2.75) is 26.4 Å². The lowest BCUT2D eigenvalue weighted by Crippen LogP contribution is -2.33. The number of carbonyl (C=O) groups excluding carboxylic acids is 1. The van der Waals surface area contributed by atoms with Gasteiger partial charge in [-0.1, -0.05) is 30.3 Å². The van der Waals surface area contributed by atoms with Gasteiger partial charge in [0, 0.05) is 19.0 Å². The number of amides is 1. The second-order valence-corrected chi connectivity index (χ2v) is 7.04. The lowest BCUT2D eigenvalue weighted by Gasteiger charge is -2.26. The fraction of sp³-hybridized carbons (Fsp3) is 0.227. The molecule has 30 heavy (non-hydrogen) atoms. The summed E-state index contributed by atoms with van der Waals surface area (Å²) in [5.74, 6) is -0.235. The first-order valence-electron chi connectivity index (χ1n) is 9.73. The Labute approximate surface area is 173 Å². The monoisotopic (exact) mass is 402 g/mol. The van der Waals surface area contributed by atoms with Crippen LogP contribution in [-0.2, 0) is 6.54 Å². The maximum Gasteiger partial charge on any atom is 0.275 e. The van der Waals surface area contributed by atoms with Crippen molar-refractivity contribution in [2.75, 3.05) is 7.05 Å². The molecule has 0 aliphatic heterocycles. The number of fused-ring (bicyclic) bond motifs is 1. The van der Waals surface area contributed by atoms with Gasteiger partial charge in [-0.2, -0.15) is 10.2 Å². The van der Waals surface area contributed by atoms with E-state index < -0.39 is 0 Å².